The lowest BCUT2D eigenvalue weighted by atomic mass is 10.1. The number of halogens is 1. The maximum atomic E-state index is 10.9. The van der Waals surface area contributed by atoms with Crippen LogP contribution in [0.3, 0.4) is 0 Å². The number of nitrogens with two attached hydrogens (primary N) is 1. The Morgan fingerprint density at radius 2 is 2.20 bits per heavy atom. The molecule has 1 aromatic carbocycles. The Bertz CT molecular complexity index is 550. The summed E-state index contributed by atoms with van der Waals surface area (Å²) in [6.45, 7) is 0. The van der Waals surface area contributed by atoms with Crippen molar-refractivity contribution in [2.45, 2.75) is 0 Å². The van der Waals surface area contributed by atoms with Crippen molar-refractivity contribution in [1.29, 1.82) is 0 Å². The van der Waals surface area contributed by atoms with Gasteiger partial charge in [0.05, 0.1) is 0 Å². The monoisotopic (exact) mass is 265 g/mol. The van der Waals surface area contributed by atoms with Crippen LogP contribution in [0.25, 0.3) is 11.1 Å². The molecule has 3 N–H and O–H groups in total. The first-order valence-electron chi connectivity index (χ1n) is 4.27. The average Bonchev–Trinajstić information content (AvgIpc) is 2.17. The first-order valence-corrected chi connectivity index (χ1v) is 5.07. The van der Waals surface area contributed by atoms with Gasteiger partial charge in [0.1, 0.15) is 5.82 Å². The number of hydrogen-bond donors (Lipinski definition) is 2. The molecule has 0 fully saturated rings. The van der Waals surface area contributed by atoms with Gasteiger partial charge < -0.3 is 5.73 Å². The highest BCUT2D eigenvalue weighted by Crippen LogP contribution is 2.24. The van der Waals surface area contributed by atoms with Gasteiger partial charge in [0.15, 0.2) is 0 Å². The normalized spacial score (nSPS) is 10.2. The summed E-state index contributed by atoms with van der Waals surface area (Å²) in [7, 11) is 0. The molecule has 1 aromatic heterocycles. The van der Waals surface area contributed by atoms with Gasteiger partial charge in [0, 0.05) is 16.2 Å². The summed E-state index contributed by atoms with van der Waals surface area (Å²) in [6.07, 6.45) is 1.47. The van der Waals surface area contributed by atoms with E-state index < -0.39 is 5.69 Å². The van der Waals surface area contributed by atoms with Gasteiger partial charge in [0.2, 0.25) is 0 Å². The van der Waals surface area contributed by atoms with Crippen LogP contribution in [0, 0.1) is 0 Å². The summed E-state index contributed by atoms with van der Waals surface area (Å²) in [4.78, 5) is 17.0. The summed E-state index contributed by atoms with van der Waals surface area (Å²) >= 11 is 3.37. The largest absolute Gasteiger partial charge is 0.385 e. The van der Waals surface area contributed by atoms with E-state index in [2.05, 4.69) is 25.9 Å². The van der Waals surface area contributed by atoms with Crippen LogP contribution in [0.4, 0.5) is 5.82 Å². The Hall–Kier alpha value is -1.62. The van der Waals surface area contributed by atoms with E-state index in [1.807, 2.05) is 24.3 Å². The Morgan fingerprint density at radius 3 is 2.87 bits per heavy atom. The molecule has 76 valence electrons. The van der Waals surface area contributed by atoms with Crippen LogP contribution in [-0.2, 0) is 0 Å². The van der Waals surface area contributed by atoms with Gasteiger partial charge in [-0.15, -0.1) is 0 Å². The maximum Gasteiger partial charge on any atom is 0.346 e. The van der Waals surface area contributed by atoms with Crippen molar-refractivity contribution in [3.05, 3.63) is 45.4 Å². The minimum atomic E-state index is -0.439. The molecular formula is C10H8BrN3O. The highest BCUT2D eigenvalue weighted by molar-refractivity contribution is 9.10. The van der Waals surface area contributed by atoms with Crippen LogP contribution in [0.15, 0.2) is 39.7 Å². The summed E-state index contributed by atoms with van der Waals surface area (Å²) in [6, 6.07) is 7.62. The first kappa shape index (κ1) is 9.92. The van der Waals surface area contributed by atoms with Gasteiger partial charge in [-0.3, -0.25) is 4.98 Å². The molecule has 0 amide bonds. The smallest absolute Gasteiger partial charge is 0.346 e. The number of nitrogens with one attached hydrogen (secondary N) is 1. The van der Waals surface area contributed by atoms with E-state index in [9.17, 15) is 4.79 Å². The second-order valence-corrected chi connectivity index (χ2v) is 3.94. The molecule has 15 heavy (non-hydrogen) atoms. The molecule has 0 aliphatic carbocycles. The van der Waals surface area contributed by atoms with Gasteiger partial charge in [-0.1, -0.05) is 28.1 Å². The molecule has 0 aliphatic heterocycles. The van der Waals surface area contributed by atoms with Crippen LogP contribution >= 0.6 is 15.9 Å². The van der Waals surface area contributed by atoms with E-state index in [0.29, 0.717) is 5.82 Å². The van der Waals surface area contributed by atoms with E-state index in [4.69, 9.17) is 5.73 Å². The topological polar surface area (TPSA) is 71.8 Å². The van der Waals surface area contributed by atoms with Crippen LogP contribution in [-0.4, -0.2) is 9.97 Å². The van der Waals surface area contributed by atoms with Crippen molar-refractivity contribution >= 4 is 21.7 Å². The molecule has 0 bridgehead atoms. The number of nitrogens with zero attached hydrogens (tertiary/aromatic N) is 1. The summed E-state index contributed by atoms with van der Waals surface area (Å²) in [5.41, 5.74) is 6.88. The van der Waals surface area contributed by atoms with Crippen molar-refractivity contribution in [3.8, 4) is 11.1 Å². The number of anilines is 1. The predicted molar refractivity (Wildman–Crippen MR) is 62.4 cm³/mol. The zero-order chi connectivity index (χ0) is 10.8. The van der Waals surface area contributed by atoms with Gasteiger partial charge in [-0.2, -0.15) is 0 Å². The Morgan fingerprint density at radius 1 is 1.40 bits per heavy atom. The fourth-order valence-corrected chi connectivity index (χ4v) is 1.69. The number of nitrogen functional groups attached to an aromatic ring is 1. The van der Waals surface area contributed by atoms with Gasteiger partial charge in [-0.05, 0) is 17.7 Å². The highest BCUT2D eigenvalue weighted by atomic mass is 79.9. The second kappa shape index (κ2) is 3.86. The number of aromatic nitrogens is 2. The molecule has 0 spiro atoms. The molecule has 0 saturated heterocycles. The van der Waals surface area contributed by atoms with Crippen molar-refractivity contribution in [2.75, 3.05) is 5.73 Å². The van der Waals surface area contributed by atoms with E-state index >= 15 is 0 Å². The van der Waals surface area contributed by atoms with Gasteiger partial charge in [-0.25, -0.2) is 9.78 Å². The molecule has 5 heteroatoms. The molecule has 0 atom stereocenters. The van der Waals surface area contributed by atoms with Crippen LogP contribution in [0.1, 0.15) is 0 Å². The third-order valence-corrected chi connectivity index (χ3v) is 2.47. The molecule has 0 aliphatic rings. The van der Waals surface area contributed by atoms with Crippen molar-refractivity contribution in [1.82, 2.24) is 9.97 Å². The van der Waals surface area contributed by atoms with Gasteiger partial charge in [0.25, 0.3) is 0 Å². The Kier molecular flexibility index (Phi) is 2.55. The third-order valence-electron chi connectivity index (χ3n) is 1.98. The van der Waals surface area contributed by atoms with Gasteiger partial charge >= 0.3 is 5.69 Å². The molecule has 2 aromatic rings. The number of aromatic amines is 1. The molecule has 0 radical (unpaired) electrons. The highest BCUT2D eigenvalue weighted by Gasteiger charge is 2.03. The zero-order valence-electron chi connectivity index (χ0n) is 7.70. The predicted octanol–water partition coefficient (Wildman–Crippen LogP) is 1.78. The number of rotatable bonds is 1. The summed E-state index contributed by atoms with van der Waals surface area (Å²) in [5, 5.41) is 0. The fraction of sp³-hybridized carbons (Fsp3) is 0. The Balaban J connectivity index is 2.59. The minimum Gasteiger partial charge on any atom is -0.385 e. The molecular weight excluding hydrogens is 258 g/mol. The van der Waals surface area contributed by atoms with Crippen LogP contribution in [0.5, 0.6) is 0 Å². The first-order chi connectivity index (χ1) is 7.16. The molecule has 0 unspecified atom stereocenters. The average molecular weight is 266 g/mol. The lowest BCUT2D eigenvalue weighted by Gasteiger charge is -2.04. The lowest BCUT2D eigenvalue weighted by Crippen LogP contribution is -2.12. The number of hydrogen-bond acceptors (Lipinski definition) is 3. The van der Waals surface area contributed by atoms with Crippen molar-refractivity contribution < 1.29 is 0 Å². The standard InChI is InChI=1S/C10H8BrN3O/c11-7-3-1-2-6(4-7)8-5-13-10(15)14-9(8)12/h1-5H,(H3,12,13,14,15). The maximum absolute atomic E-state index is 10.9. The van der Waals surface area contributed by atoms with Crippen LogP contribution < -0.4 is 11.4 Å². The molecule has 2 rings (SSSR count). The minimum absolute atomic E-state index is 0.327. The molecule has 0 saturated carbocycles. The van der Waals surface area contributed by atoms with E-state index in [0.717, 1.165) is 15.6 Å². The lowest BCUT2D eigenvalue weighted by molar-refractivity contribution is 1.09. The van der Waals surface area contributed by atoms with E-state index in [1.165, 1.54) is 6.20 Å². The number of benzene rings is 1. The summed E-state index contributed by atoms with van der Waals surface area (Å²) < 4.78 is 0.950. The molecule has 4 nitrogen and oxygen atoms in total. The van der Waals surface area contributed by atoms with Crippen LogP contribution in [0.2, 0.25) is 0 Å². The summed E-state index contributed by atoms with van der Waals surface area (Å²) in [5.74, 6) is 0.327. The fourth-order valence-electron chi connectivity index (χ4n) is 1.29. The molecule has 1 heterocycles. The quantitative estimate of drug-likeness (QED) is 0.826. The van der Waals surface area contributed by atoms with E-state index in [1.54, 1.807) is 0 Å². The number of H-pyrrole nitrogens is 1. The second-order valence-electron chi connectivity index (χ2n) is 3.03. The SMILES string of the molecule is Nc1[nH]c(=O)ncc1-c1cccc(Br)c1. The van der Waals surface area contributed by atoms with E-state index in [-0.39, 0.29) is 0 Å². The Labute approximate surface area is 94.3 Å². The third kappa shape index (κ3) is 2.07. The van der Waals surface area contributed by atoms with Crippen molar-refractivity contribution in [2.24, 2.45) is 0 Å². The van der Waals surface area contributed by atoms with Crippen molar-refractivity contribution in [3.63, 3.8) is 0 Å². The zero-order valence-corrected chi connectivity index (χ0v) is 9.28.